The second kappa shape index (κ2) is 5.26. The first-order valence-electron chi connectivity index (χ1n) is 6.35. The molecule has 0 bridgehead atoms. The summed E-state index contributed by atoms with van der Waals surface area (Å²) in [5, 5.41) is 17.2. The van der Waals surface area contributed by atoms with Gasteiger partial charge in [0.2, 0.25) is 0 Å². The van der Waals surface area contributed by atoms with Gasteiger partial charge in [-0.05, 0) is 26.3 Å². The molecule has 102 valence electrons. The van der Waals surface area contributed by atoms with Gasteiger partial charge in [0.05, 0.1) is 18.1 Å². The van der Waals surface area contributed by atoms with Gasteiger partial charge in [0.25, 0.3) is 0 Å². The van der Waals surface area contributed by atoms with Crippen LogP contribution in [-0.2, 0) is 4.79 Å². The summed E-state index contributed by atoms with van der Waals surface area (Å²) in [5.74, 6) is -0.861. The third kappa shape index (κ3) is 2.67. The van der Waals surface area contributed by atoms with Crippen molar-refractivity contribution < 1.29 is 9.90 Å². The zero-order valence-corrected chi connectivity index (χ0v) is 11.3. The second-order valence-corrected chi connectivity index (χ2v) is 4.76. The maximum absolute atomic E-state index is 11.0. The van der Waals surface area contributed by atoms with E-state index in [1.54, 1.807) is 12.4 Å². The van der Waals surface area contributed by atoms with E-state index in [0.717, 1.165) is 11.0 Å². The summed E-state index contributed by atoms with van der Waals surface area (Å²) in [4.78, 5) is 15.3. The van der Waals surface area contributed by atoms with Crippen LogP contribution in [0.5, 0.6) is 0 Å². The third-order valence-corrected chi connectivity index (χ3v) is 2.97. The van der Waals surface area contributed by atoms with Gasteiger partial charge >= 0.3 is 5.97 Å². The minimum Gasteiger partial charge on any atom is -0.480 e. The fraction of sp³-hybridized carbons (Fsp3) is 0.462. The molecule has 2 aromatic rings. The van der Waals surface area contributed by atoms with Crippen LogP contribution >= 0.6 is 0 Å². The van der Waals surface area contributed by atoms with E-state index in [2.05, 4.69) is 15.4 Å². The number of hydrogen-bond acceptors (Lipinski definition) is 4. The number of aliphatic carboxylic acids is 1. The van der Waals surface area contributed by atoms with Crippen molar-refractivity contribution in [1.29, 1.82) is 0 Å². The molecule has 0 aliphatic heterocycles. The lowest BCUT2D eigenvalue weighted by molar-refractivity contribution is -0.137. The molecule has 2 heterocycles. The maximum atomic E-state index is 11.0. The van der Waals surface area contributed by atoms with E-state index < -0.39 is 12.0 Å². The van der Waals surface area contributed by atoms with Crippen LogP contribution < -0.4 is 5.32 Å². The highest BCUT2D eigenvalue weighted by Gasteiger charge is 2.15. The van der Waals surface area contributed by atoms with Crippen LogP contribution in [0.15, 0.2) is 18.5 Å². The average molecular weight is 262 g/mol. The Hall–Kier alpha value is -2.11. The van der Waals surface area contributed by atoms with Crippen molar-refractivity contribution in [3.8, 4) is 0 Å². The Morgan fingerprint density at radius 1 is 1.47 bits per heavy atom. The monoisotopic (exact) mass is 262 g/mol. The molecule has 0 fully saturated rings. The van der Waals surface area contributed by atoms with Crippen LogP contribution in [-0.4, -0.2) is 31.9 Å². The van der Waals surface area contributed by atoms with Crippen LogP contribution in [0.25, 0.3) is 11.0 Å². The molecule has 6 heteroatoms. The van der Waals surface area contributed by atoms with E-state index in [4.69, 9.17) is 5.11 Å². The molecular formula is C13H18N4O2. The number of nitrogens with one attached hydrogen (secondary N) is 1. The fourth-order valence-electron chi connectivity index (χ4n) is 1.94. The fourth-order valence-corrected chi connectivity index (χ4v) is 1.94. The predicted molar refractivity (Wildman–Crippen MR) is 73.3 cm³/mol. The zero-order chi connectivity index (χ0) is 14.0. The van der Waals surface area contributed by atoms with Gasteiger partial charge in [-0.25, -0.2) is 14.5 Å². The van der Waals surface area contributed by atoms with E-state index in [9.17, 15) is 4.79 Å². The van der Waals surface area contributed by atoms with Gasteiger partial charge in [0.1, 0.15) is 6.04 Å². The van der Waals surface area contributed by atoms with E-state index >= 15 is 0 Å². The zero-order valence-electron chi connectivity index (χ0n) is 11.3. The number of pyridine rings is 1. The van der Waals surface area contributed by atoms with Crippen molar-refractivity contribution in [1.82, 2.24) is 14.8 Å². The molecule has 0 radical (unpaired) electrons. The molecule has 0 saturated carbocycles. The Morgan fingerprint density at radius 2 is 2.21 bits per heavy atom. The lowest BCUT2D eigenvalue weighted by Gasteiger charge is -2.13. The number of rotatable bonds is 5. The van der Waals surface area contributed by atoms with Gasteiger partial charge < -0.3 is 10.4 Å². The summed E-state index contributed by atoms with van der Waals surface area (Å²) in [6.45, 7) is 5.91. The van der Waals surface area contributed by atoms with Crippen LogP contribution in [0.2, 0.25) is 0 Å². The number of anilines is 1. The summed E-state index contributed by atoms with van der Waals surface area (Å²) >= 11 is 0. The van der Waals surface area contributed by atoms with Crippen molar-refractivity contribution in [2.24, 2.45) is 0 Å². The molecule has 1 atom stereocenters. The molecule has 0 aliphatic carbocycles. The Balaban J connectivity index is 2.30. The topological polar surface area (TPSA) is 80.0 Å². The molecule has 19 heavy (non-hydrogen) atoms. The molecule has 1 unspecified atom stereocenters. The molecule has 0 saturated heterocycles. The lowest BCUT2D eigenvalue weighted by Crippen LogP contribution is -2.28. The molecule has 2 N–H and O–H groups in total. The normalized spacial score (nSPS) is 12.8. The number of fused-ring (bicyclic) bond motifs is 1. The molecule has 0 aromatic carbocycles. The van der Waals surface area contributed by atoms with Crippen LogP contribution in [0.4, 0.5) is 5.69 Å². The molecule has 2 aromatic heterocycles. The van der Waals surface area contributed by atoms with Gasteiger partial charge in [-0.2, -0.15) is 5.10 Å². The molecule has 6 nitrogen and oxygen atoms in total. The Kier molecular flexibility index (Phi) is 3.69. The number of carboxylic acids is 1. The minimum absolute atomic E-state index is 0.242. The average Bonchev–Trinajstić information content (AvgIpc) is 2.78. The van der Waals surface area contributed by atoms with Gasteiger partial charge in [-0.1, -0.05) is 6.92 Å². The SMILES string of the molecule is CCC(Nc1cnc2c(cnn2C(C)C)c1)C(=O)O. The van der Waals surface area contributed by atoms with Crippen molar-refractivity contribution in [2.45, 2.75) is 39.3 Å². The van der Waals surface area contributed by atoms with Crippen LogP contribution in [0, 0.1) is 0 Å². The number of hydrogen-bond donors (Lipinski definition) is 2. The van der Waals surface area contributed by atoms with Gasteiger partial charge in [-0.15, -0.1) is 0 Å². The Bertz CT molecular complexity index is 591. The van der Waals surface area contributed by atoms with Crippen LogP contribution in [0.3, 0.4) is 0 Å². The van der Waals surface area contributed by atoms with Gasteiger partial charge in [0.15, 0.2) is 5.65 Å². The van der Waals surface area contributed by atoms with Gasteiger partial charge in [0, 0.05) is 11.4 Å². The number of carbonyl (C=O) groups is 1. The number of aromatic nitrogens is 3. The van der Waals surface area contributed by atoms with Crippen molar-refractivity contribution in [3.63, 3.8) is 0 Å². The first kappa shape index (κ1) is 13.3. The van der Waals surface area contributed by atoms with Crippen molar-refractivity contribution >= 4 is 22.7 Å². The van der Waals surface area contributed by atoms with Crippen molar-refractivity contribution in [2.75, 3.05) is 5.32 Å². The van der Waals surface area contributed by atoms with Gasteiger partial charge in [-0.3, -0.25) is 0 Å². The Labute approximate surface area is 111 Å². The van der Waals surface area contributed by atoms with Crippen LogP contribution in [0.1, 0.15) is 33.2 Å². The highest BCUT2D eigenvalue weighted by atomic mass is 16.4. The smallest absolute Gasteiger partial charge is 0.326 e. The summed E-state index contributed by atoms with van der Waals surface area (Å²) < 4.78 is 1.84. The third-order valence-electron chi connectivity index (χ3n) is 2.97. The quantitative estimate of drug-likeness (QED) is 0.864. The summed E-state index contributed by atoms with van der Waals surface area (Å²) in [5.41, 5.74) is 1.51. The predicted octanol–water partition coefficient (Wildman–Crippen LogP) is 2.29. The number of carboxylic acid groups (broad SMARTS) is 1. The van der Waals surface area contributed by atoms with E-state index in [-0.39, 0.29) is 6.04 Å². The summed E-state index contributed by atoms with van der Waals surface area (Å²) in [6, 6.07) is 1.52. The maximum Gasteiger partial charge on any atom is 0.326 e. The minimum atomic E-state index is -0.861. The molecular weight excluding hydrogens is 244 g/mol. The van der Waals surface area contributed by atoms with E-state index in [1.165, 1.54) is 0 Å². The summed E-state index contributed by atoms with van der Waals surface area (Å²) in [7, 11) is 0. The molecule has 2 rings (SSSR count). The molecule has 0 aliphatic rings. The van der Waals surface area contributed by atoms with E-state index in [0.29, 0.717) is 12.1 Å². The first-order chi connectivity index (χ1) is 9.02. The molecule has 0 amide bonds. The Morgan fingerprint density at radius 3 is 2.79 bits per heavy atom. The first-order valence-corrected chi connectivity index (χ1v) is 6.35. The number of nitrogens with zero attached hydrogens (tertiary/aromatic N) is 3. The van der Waals surface area contributed by atoms with Crippen molar-refractivity contribution in [3.05, 3.63) is 18.5 Å². The largest absolute Gasteiger partial charge is 0.480 e. The highest BCUT2D eigenvalue weighted by Crippen LogP contribution is 2.19. The lowest BCUT2D eigenvalue weighted by atomic mass is 10.2. The second-order valence-electron chi connectivity index (χ2n) is 4.76. The summed E-state index contributed by atoms with van der Waals surface area (Å²) in [6.07, 6.45) is 3.91. The van der Waals surface area contributed by atoms with E-state index in [1.807, 2.05) is 31.5 Å². The molecule has 0 spiro atoms. The standard InChI is InChI=1S/C13H18N4O2/c1-4-11(13(18)19)16-10-5-9-6-15-17(8(2)3)12(9)14-7-10/h5-8,11,16H,4H2,1-3H3,(H,18,19). The highest BCUT2D eigenvalue weighted by molar-refractivity contribution is 5.81.